The Bertz CT molecular complexity index is 491. The minimum absolute atomic E-state index is 0.120. The van der Waals surface area contributed by atoms with Crippen molar-refractivity contribution in [3.8, 4) is 5.75 Å². The van der Waals surface area contributed by atoms with Gasteiger partial charge >= 0.3 is 6.03 Å². The van der Waals surface area contributed by atoms with Crippen molar-refractivity contribution in [2.24, 2.45) is 0 Å². The molecule has 0 radical (unpaired) electrons. The van der Waals surface area contributed by atoms with Gasteiger partial charge in [0.2, 0.25) is 0 Å². The number of benzene rings is 1. The van der Waals surface area contributed by atoms with Gasteiger partial charge in [0.25, 0.3) is 0 Å². The molecule has 1 saturated heterocycles. The van der Waals surface area contributed by atoms with Crippen LogP contribution in [-0.2, 0) is 4.74 Å². The third-order valence-corrected chi connectivity index (χ3v) is 4.51. The summed E-state index contributed by atoms with van der Waals surface area (Å²) in [6.45, 7) is 1.43. The van der Waals surface area contributed by atoms with E-state index in [-0.39, 0.29) is 12.1 Å². The summed E-state index contributed by atoms with van der Waals surface area (Å²) < 4.78 is 11.3. The second-order valence-corrected chi connectivity index (χ2v) is 6.40. The largest absolute Gasteiger partial charge is 0.491 e. The molecule has 1 aromatic carbocycles. The molecule has 0 bridgehead atoms. The first-order valence-electron chi connectivity index (χ1n) is 8.71. The van der Waals surface area contributed by atoms with E-state index in [4.69, 9.17) is 9.47 Å². The van der Waals surface area contributed by atoms with Gasteiger partial charge in [-0.25, -0.2) is 4.79 Å². The molecule has 3 rings (SSSR count). The van der Waals surface area contributed by atoms with E-state index in [2.05, 4.69) is 10.6 Å². The molecule has 1 saturated carbocycles. The zero-order chi connectivity index (χ0) is 15.9. The van der Waals surface area contributed by atoms with Crippen molar-refractivity contribution < 1.29 is 14.3 Å². The molecule has 0 aromatic heterocycles. The highest BCUT2D eigenvalue weighted by Gasteiger charge is 2.17. The van der Waals surface area contributed by atoms with Crippen LogP contribution in [0.5, 0.6) is 5.75 Å². The van der Waals surface area contributed by atoms with Gasteiger partial charge in [0.15, 0.2) is 0 Å². The van der Waals surface area contributed by atoms with Gasteiger partial charge in [0, 0.05) is 18.3 Å². The van der Waals surface area contributed by atoms with E-state index < -0.39 is 0 Å². The van der Waals surface area contributed by atoms with Gasteiger partial charge in [-0.2, -0.15) is 0 Å². The smallest absolute Gasteiger partial charge is 0.319 e. The predicted molar refractivity (Wildman–Crippen MR) is 89.9 cm³/mol. The zero-order valence-electron chi connectivity index (χ0n) is 13.6. The molecule has 2 N–H and O–H groups in total. The molecule has 1 heterocycles. The van der Waals surface area contributed by atoms with Crippen LogP contribution in [0.1, 0.15) is 44.9 Å². The fourth-order valence-electron chi connectivity index (χ4n) is 3.20. The summed E-state index contributed by atoms with van der Waals surface area (Å²) >= 11 is 0. The van der Waals surface area contributed by atoms with Crippen molar-refractivity contribution in [1.82, 2.24) is 5.32 Å². The van der Waals surface area contributed by atoms with Crippen LogP contribution in [0.15, 0.2) is 24.3 Å². The fourth-order valence-corrected chi connectivity index (χ4v) is 3.20. The molecule has 23 heavy (non-hydrogen) atoms. The maximum atomic E-state index is 12.0. The number of ether oxygens (including phenoxy) is 2. The Labute approximate surface area is 137 Å². The van der Waals surface area contributed by atoms with Crippen molar-refractivity contribution in [3.05, 3.63) is 24.3 Å². The molecule has 1 aromatic rings. The van der Waals surface area contributed by atoms with E-state index in [9.17, 15) is 4.79 Å². The first kappa shape index (κ1) is 16.1. The van der Waals surface area contributed by atoms with Crippen LogP contribution in [-0.4, -0.2) is 31.4 Å². The normalized spacial score (nSPS) is 21.8. The van der Waals surface area contributed by atoms with Crippen LogP contribution in [0.3, 0.4) is 0 Å². The van der Waals surface area contributed by atoms with Gasteiger partial charge < -0.3 is 20.1 Å². The molecular formula is C18H26N2O3. The van der Waals surface area contributed by atoms with Crippen molar-refractivity contribution in [1.29, 1.82) is 0 Å². The van der Waals surface area contributed by atoms with Crippen LogP contribution in [0.4, 0.5) is 10.5 Å². The summed E-state index contributed by atoms with van der Waals surface area (Å²) in [5, 5.41) is 5.93. The Hall–Kier alpha value is -1.75. The number of carbonyl (C=O) groups excluding carboxylic acids is 1. The molecule has 126 valence electrons. The van der Waals surface area contributed by atoms with Crippen LogP contribution in [0.2, 0.25) is 0 Å². The van der Waals surface area contributed by atoms with E-state index in [1.165, 1.54) is 19.3 Å². The average Bonchev–Trinajstić information content (AvgIpc) is 3.08. The van der Waals surface area contributed by atoms with E-state index in [1.807, 2.05) is 24.3 Å². The SMILES string of the molecule is O=C(Nc1ccc(OCC2CCCO2)cc1)NC1CCCCC1. The molecule has 2 aliphatic rings. The second kappa shape index (κ2) is 8.20. The monoisotopic (exact) mass is 318 g/mol. The molecule has 1 aliphatic carbocycles. The van der Waals surface area contributed by atoms with Crippen LogP contribution < -0.4 is 15.4 Å². The lowest BCUT2D eigenvalue weighted by Gasteiger charge is -2.22. The summed E-state index contributed by atoms with van der Waals surface area (Å²) in [6, 6.07) is 7.69. The third kappa shape index (κ3) is 5.13. The second-order valence-electron chi connectivity index (χ2n) is 6.40. The number of carbonyl (C=O) groups is 1. The molecule has 1 unspecified atom stereocenters. The summed E-state index contributed by atoms with van der Waals surface area (Å²) in [7, 11) is 0. The number of hydrogen-bond donors (Lipinski definition) is 2. The molecular weight excluding hydrogens is 292 g/mol. The number of hydrogen-bond acceptors (Lipinski definition) is 3. The lowest BCUT2D eigenvalue weighted by atomic mass is 9.96. The highest BCUT2D eigenvalue weighted by atomic mass is 16.5. The molecule has 2 amide bonds. The number of rotatable bonds is 5. The minimum atomic E-state index is -0.120. The maximum Gasteiger partial charge on any atom is 0.319 e. The minimum Gasteiger partial charge on any atom is -0.491 e. The quantitative estimate of drug-likeness (QED) is 0.870. The average molecular weight is 318 g/mol. The number of anilines is 1. The van der Waals surface area contributed by atoms with Crippen LogP contribution in [0.25, 0.3) is 0 Å². The zero-order valence-corrected chi connectivity index (χ0v) is 13.6. The lowest BCUT2D eigenvalue weighted by molar-refractivity contribution is 0.0679. The van der Waals surface area contributed by atoms with Gasteiger partial charge in [0.1, 0.15) is 12.4 Å². The van der Waals surface area contributed by atoms with E-state index in [0.29, 0.717) is 12.6 Å². The van der Waals surface area contributed by atoms with Gasteiger partial charge in [0.05, 0.1) is 6.10 Å². The first-order valence-corrected chi connectivity index (χ1v) is 8.71. The highest BCUT2D eigenvalue weighted by molar-refractivity contribution is 5.89. The summed E-state index contributed by atoms with van der Waals surface area (Å²) in [6.07, 6.45) is 8.28. The third-order valence-electron chi connectivity index (χ3n) is 4.51. The lowest BCUT2D eigenvalue weighted by Crippen LogP contribution is -2.38. The van der Waals surface area contributed by atoms with Gasteiger partial charge in [-0.3, -0.25) is 0 Å². The first-order chi connectivity index (χ1) is 11.3. The molecule has 5 nitrogen and oxygen atoms in total. The highest BCUT2D eigenvalue weighted by Crippen LogP contribution is 2.19. The molecule has 5 heteroatoms. The standard InChI is InChI=1S/C18H26N2O3/c21-18(19-14-5-2-1-3-6-14)20-15-8-10-16(11-9-15)23-13-17-7-4-12-22-17/h8-11,14,17H,1-7,12-13H2,(H2,19,20,21). The molecule has 1 aliphatic heterocycles. The van der Waals surface area contributed by atoms with Crippen molar-refractivity contribution in [3.63, 3.8) is 0 Å². The van der Waals surface area contributed by atoms with Gasteiger partial charge in [-0.05, 0) is 49.9 Å². The maximum absolute atomic E-state index is 12.0. The van der Waals surface area contributed by atoms with E-state index >= 15 is 0 Å². The Kier molecular flexibility index (Phi) is 5.75. The topological polar surface area (TPSA) is 59.6 Å². The van der Waals surface area contributed by atoms with Gasteiger partial charge in [-0.1, -0.05) is 19.3 Å². The van der Waals surface area contributed by atoms with Gasteiger partial charge in [-0.15, -0.1) is 0 Å². The predicted octanol–water partition coefficient (Wildman–Crippen LogP) is 3.70. The number of amides is 2. The Morgan fingerprint density at radius 1 is 1.09 bits per heavy atom. The van der Waals surface area contributed by atoms with E-state index in [1.54, 1.807) is 0 Å². The van der Waals surface area contributed by atoms with E-state index in [0.717, 1.165) is 43.7 Å². The van der Waals surface area contributed by atoms with Crippen molar-refractivity contribution in [2.45, 2.75) is 57.1 Å². The Balaban J connectivity index is 1.42. The Morgan fingerprint density at radius 2 is 1.87 bits per heavy atom. The Morgan fingerprint density at radius 3 is 2.57 bits per heavy atom. The summed E-state index contributed by atoms with van der Waals surface area (Å²) in [5.41, 5.74) is 0.780. The summed E-state index contributed by atoms with van der Waals surface area (Å²) in [4.78, 5) is 12.0. The molecule has 1 atom stereocenters. The molecule has 2 fully saturated rings. The number of urea groups is 1. The van der Waals surface area contributed by atoms with Crippen LogP contribution in [0, 0.1) is 0 Å². The van der Waals surface area contributed by atoms with Crippen molar-refractivity contribution in [2.75, 3.05) is 18.5 Å². The fraction of sp³-hybridized carbons (Fsp3) is 0.611. The summed E-state index contributed by atoms with van der Waals surface area (Å²) in [5.74, 6) is 0.804. The number of nitrogens with one attached hydrogen (secondary N) is 2. The van der Waals surface area contributed by atoms with Crippen LogP contribution >= 0.6 is 0 Å². The van der Waals surface area contributed by atoms with Crippen molar-refractivity contribution >= 4 is 11.7 Å². The molecule has 0 spiro atoms.